The van der Waals surface area contributed by atoms with E-state index in [2.05, 4.69) is 0 Å². The van der Waals surface area contributed by atoms with Gasteiger partial charge in [-0.3, -0.25) is 9.59 Å². The highest BCUT2D eigenvalue weighted by Gasteiger charge is 2.47. The van der Waals surface area contributed by atoms with Gasteiger partial charge in [0.05, 0.1) is 11.1 Å². The molecule has 2 aliphatic rings. The SMILES string of the molecule is CCOC1(C(=O)ON2C(=O)c3ccccc3C2=O)CCCC1. The lowest BCUT2D eigenvalue weighted by molar-refractivity contribution is -0.195. The summed E-state index contributed by atoms with van der Waals surface area (Å²) in [5, 5.41) is 0.548. The quantitative estimate of drug-likeness (QED) is 0.796. The summed E-state index contributed by atoms with van der Waals surface area (Å²) in [5.41, 5.74) is -0.543. The van der Waals surface area contributed by atoms with Crippen molar-refractivity contribution in [2.75, 3.05) is 6.61 Å². The van der Waals surface area contributed by atoms with Gasteiger partial charge in [-0.05, 0) is 44.7 Å². The van der Waals surface area contributed by atoms with Crippen molar-refractivity contribution in [3.63, 3.8) is 0 Å². The van der Waals surface area contributed by atoms with Gasteiger partial charge in [0.2, 0.25) is 0 Å². The van der Waals surface area contributed by atoms with Crippen LogP contribution in [-0.2, 0) is 14.4 Å². The lowest BCUT2D eigenvalue weighted by Gasteiger charge is -2.27. The highest BCUT2D eigenvalue weighted by Crippen LogP contribution is 2.35. The average Bonchev–Trinajstić information content (AvgIpc) is 3.09. The van der Waals surface area contributed by atoms with Crippen LogP contribution < -0.4 is 0 Å². The lowest BCUT2D eigenvalue weighted by atomic mass is 10.0. The molecular formula is C16H17NO5. The minimum Gasteiger partial charge on any atom is -0.363 e. The number of carbonyl (C=O) groups is 3. The number of rotatable bonds is 4. The van der Waals surface area contributed by atoms with E-state index in [1.165, 1.54) is 12.1 Å². The van der Waals surface area contributed by atoms with Gasteiger partial charge < -0.3 is 9.57 Å². The number of fused-ring (bicyclic) bond motifs is 1. The first-order valence-corrected chi connectivity index (χ1v) is 7.43. The van der Waals surface area contributed by atoms with Gasteiger partial charge >= 0.3 is 5.97 Å². The molecule has 0 unspecified atom stereocenters. The van der Waals surface area contributed by atoms with E-state index in [4.69, 9.17) is 9.57 Å². The molecule has 6 nitrogen and oxygen atoms in total. The number of hydrogen-bond donors (Lipinski definition) is 0. The monoisotopic (exact) mass is 303 g/mol. The number of nitrogens with zero attached hydrogens (tertiary/aromatic N) is 1. The van der Waals surface area contributed by atoms with Crippen molar-refractivity contribution < 1.29 is 24.0 Å². The normalized spacial score (nSPS) is 19.4. The molecule has 1 aromatic carbocycles. The van der Waals surface area contributed by atoms with Gasteiger partial charge in [0.1, 0.15) is 0 Å². The summed E-state index contributed by atoms with van der Waals surface area (Å²) in [6, 6.07) is 6.40. The number of ether oxygens (including phenoxy) is 1. The molecule has 0 radical (unpaired) electrons. The fourth-order valence-corrected chi connectivity index (χ4v) is 3.05. The van der Waals surface area contributed by atoms with Crippen LogP contribution in [0.15, 0.2) is 24.3 Å². The molecule has 1 saturated carbocycles. The Morgan fingerprint density at radius 1 is 1.14 bits per heavy atom. The van der Waals surface area contributed by atoms with E-state index in [1.807, 2.05) is 0 Å². The molecule has 1 fully saturated rings. The van der Waals surface area contributed by atoms with Crippen LogP contribution in [-0.4, -0.2) is 35.1 Å². The van der Waals surface area contributed by atoms with Gasteiger partial charge in [0, 0.05) is 6.61 Å². The molecule has 116 valence electrons. The fraction of sp³-hybridized carbons (Fsp3) is 0.438. The second-order valence-corrected chi connectivity index (χ2v) is 5.46. The molecule has 0 N–H and O–H groups in total. The van der Waals surface area contributed by atoms with E-state index < -0.39 is 23.4 Å². The van der Waals surface area contributed by atoms with Crippen molar-refractivity contribution in [3.05, 3.63) is 35.4 Å². The highest BCUT2D eigenvalue weighted by molar-refractivity contribution is 6.20. The second-order valence-electron chi connectivity index (χ2n) is 5.46. The molecule has 1 aliphatic heterocycles. The number of carbonyl (C=O) groups excluding carboxylic acids is 3. The van der Waals surface area contributed by atoms with Crippen LogP contribution in [0.2, 0.25) is 0 Å². The van der Waals surface area contributed by atoms with E-state index in [0.29, 0.717) is 24.5 Å². The number of imide groups is 1. The van der Waals surface area contributed by atoms with Crippen LogP contribution in [0, 0.1) is 0 Å². The first kappa shape index (κ1) is 14.7. The van der Waals surface area contributed by atoms with Crippen molar-refractivity contribution in [1.82, 2.24) is 5.06 Å². The van der Waals surface area contributed by atoms with Crippen LogP contribution in [0.25, 0.3) is 0 Å². The van der Waals surface area contributed by atoms with Crippen molar-refractivity contribution in [2.24, 2.45) is 0 Å². The average molecular weight is 303 g/mol. The van der Waals surface area contributed by atoms with Crippen molar-refractivity contribution >= 4 is 17.8 Å². The standard InChI is InChI=1S/C16H17NO5/c1-2-21-16(9-5-6-10-16)15(20)22-17-13(18)11-7-3-4-8-12(11)14(17)19/h3-4,7-8H,2,5-6,9-10H2,1H3. The van der Waals surface area contributed by atoms with E-state index in [0.717, 1.165) is 12.8 Å². The molecule has 0 saturated heterocycles. The molecule has 1 aliphatic carbocycles. The number of amides is 2. The maximum atomic E-state index is 12.5. The largest absolute Gasteiger partial charge is 0.364 e. The highest BCUT2D eigenvalue weighted by atomic mass is 16.7. The van der Waals surface area contributed by atoms with Gasteiger partial charge in [-0.1, -0.05) is 17.2 Å². The van der Waals surface area contributed by atoms with Crippen LogP contribution in [0.1, 0.15) is 53.3 Å². The minimum absolute atomic E-state index is 0.247. The topological polar surface area (TPSA) is 72.9 Å². The Labute approximate surface area is 127 Å². The summed E-state index contributed by atoms with van der Waals surface area (Å²) in [5.74, 6) is -1.89. The van der Waals surface area contributed by atoms with E-state index in [-0.39, 0.29) is 11.1 Å². The number of hydroxylamine groups is 2. The van der Waals surface area contributed by atoms with Crippen LogP contribution >= 0.6 is 0 Å². The third-order valence-corrected chi connectivity index (χ3v) is 4.13. The van der Waals surface area contributed by atoms with Crippen molar-refractivity contribution in [2.45, 2.75) is 38.2 Å². The Bertz CT molecular complexity index is 598. The zero-order chi connectivity index (χ0) is 15.7. The molecular weight excluding hydrogens is 286 g/mol. The molecule has 1 heterocycles. The second kappa shape index (κ2) is 5.53. The zero-order valence-corrected chi connectivity index (χ0v) is 12.3. The third-order valence-electron chi connectivity index (χ3n) is 4.13. The zero-order valence-electron chi connectivity index (χ0n) is 12.3. The summed E-state index contributed by atoms with van der Waals surface area (Å²) in [6.07, 6.45) is 2.81. The van der Waals surface area contributed by atoms with Crippen LogP contribution in [0.5, 0.6) is 0 Å². The first-order valence-electron chi connectivity index (χ1n) is 7.43. The van der Waals surface area contributed by atoms with Crippen LogP contribution in [0.4, 0.5) is 0 Å². The van der Waals surface area contributed by atoms with Gasteiger partial charge in [-0.25, -0.2) is 4.79 Å². The molecule has 2 amide bonds. The summed E-state index contributed by atoms with van der Waals surface area (Å²) >= 11 is 0. The van der Waals surface area contributed by atoms with Gasteiger partial charge in [0.25, 0.3) is 11.8 Å². The fourth-order valence-electron chi connectivity index (χ4n) is 3.05. The summed E-state index contributed by atoms with van der Waals surface area (Å²) in [6.45, 7) is 2.17. The molecule has 0 atom stereocenters. The Hall–Kier alpha value is -2.21. The number of hydrogen-bond acceptors (Lipinski definition) is 5. The maximum absolute atomic E-state index is 12.5. The van der Waals surface area contributed by atoms with Gasteiger partial charge in [-0.2, -0.15) is 0 Å². The molecule has 3 rings (SSSR count). The maximum Gasteiger partial charge on any atom is 0.364 e. The Kier molecular flexibility index (Phi) is 3.70. The molecule has 0 bridgehead atoms. The van der Waals surface area contributed by atoms with Crippen molar-refractivity contribution in [3.8, 4) is 0 Å². The van der Waals surface area contributed by atoms with Crippen molar-refractivity contribution in [1.29, 1.82) is 0 Å². The molecule has 6 heteroatoms. The molecule has 1 aromatic rings. The Balaban J connectivity index is 1.81. The first-order chi connectivity index (χ1) is 10.6. The minimum atomic E-state index is -1.04. The molecule has 0 spiro atoms. The number of benzene rings is 1. The Morgan fingerprint density at radius 3 is 2.18 bits per heavy atom. The van der Waals surface area contributed by atoms with E-state index in [1.54, 1.807) is 19.1 Å². The molecule has 0 aromatic heterocycles. The van der Waals surface area contributed by atoms with Gasteiger partial charge in [0.15, 0.2) is 5.60 Å². The predicted octanol–water partition coefficient (Wildman–Crippen LogP) is 2.09. The summed E-state index contributed by atoms with van der Waals surface area (Å²) in [7, 11) is 0. The van der Waals surface area contributed by atoms with E-state index >= 15 is 0 Å². The van der Waals surface area contributed by atoms with Gasteiger partial charge in [-0.15, -0.1) is 0 Å². The molecule has 22 heavy (non-hydrogen) atoms. The predicted molar refractivity (Wildman–Crippen MR) is 75.9 cm³/mol. The lowest BCUT2D eigenvalue weighted by Crippen LogP contribution is -2.45. The third kappa shape index (κ3) is 2.20. The Morgan fingerprint density at radius 2 is 1.68 bits per heavy atom. The van der Waals surface area contributed by atoms with E-state index in [9.17, 15) is 14.4 Å². The summed E-state index contributed by atoms with van der Waals surface area (Å²) < 4.78 is 5.59. The van der Waals surface area contributed by atoms with Crippen LogP contribution in [0.3, 0.4) is 0 Å². The smallest absolute Gasteiger partial charge is 0.363 e. The summed E-state index contributed by atoms with van der Waals surface area (Å²) in [4.78, 5) is 42.0.